The van der Waals surface area contributed by atoms with Gasteiger partial charge in [0, 0.05) is 24.2 Å². The van der Waals surface area contributed by atoms with Crippen LogP contribution < -0.4 is 5.32 Å². The van der Waals surface area contributed by atoms with Crippen molar-refractivity contribution in [2.75, 3.05) is 33.8 Å². The summed E-state index contributed by atoms with van der Waals surface area (Å²) in [6.45, 7) is 2.56. The SMILES string of the molecule is CNC(Cc1cc(F)ccc1Cl)C1CN(C)CCO1. The van der Waals surface area contributed by atoms with Gasteiger partial charge in [-0.1, -0.05) is 11.6 Å². The molecule has 5 heteroatoms. The zero-order chi connectivity index (χ0) is 13.8. The first kappa shape index (κ1) is 14.7. The van der Waals surface area contributed by atoms with Crippen LogP contribution in [0.2, 0.25) is 5.02 Å². The van der Waals surface area contributed by atoms with Crippen LogP contribution in [0.3, 0.4) is 0 Å². The summed E-state index contributed by atoms with van der Waals surface area (Å²) in [7, 11) is 3.98. The highest BCUT2D eigenvalue weighted by molar-refractivity contribution is 6.31. The molecule has 3 nitrogen and oxygen atoms in total. The third kappa shape index (κ3) is 3.89. The van der Waals surface area contributed by atoms with Gasteiger partial charge in [0.05, 0.1) is 12.7 Å². The van der Waals surface area contributed by atoms with E-state index in [9.17, 15) is 4.39 Å². The lowest BCUT2D eigenvalue weighted by Crippen LogP contribution is -2.51. The number of halogens is 2. The van der Waals surface area contributed by atoms with Gasteiger partial charge in [-0.15, -0.1) is 0 Å². The van der Waals surface area contributed by atoms with E-state index in [1.807, 2.05) is 7.05 Å². The van der Waals surface area contributed by atoms with Crippen LogP contribution in [0.4, 0.5) is 4.39 Å². The topological polar surface area (TPSA) is 24.5 Å². The summed E-state index contributed by atoms with van der Waals surface area (Å²) in [5.74, 6) is -0.254. The van der Waals surface area contributed by atoms with Crippen molar-refractivity contribution in [1.29, 1.82) is 0 Å². The monoisotopic (exact) mass is 286 g/mol. The third-order valence-corrected chi connectivity index (χ3v) is 3.93. The minimum absolute atomic E-state index is 0.100. The van der Waals surface area contributed by atoms with Crippen molar-refractivity contribution in [2.24, 2.45) is 0 Å². The fourth-order valence-electron chi connectivity index (χ4n) is 2.41. The number of likely N-dealkylation sites (N-methyl/N-ethyl adjacent to an activating group) is 2. The van der Waals surface area contributed by atoms with E-state index < -0.39 is 0 Å². The molecule has 106 valence electrons. The smallest absolute Gasteiger partial charge is 0.123 e. The lowest BCUT2D eigenvalue weighted by atomic mass is 10.00. The Morgan fingerprint density at radius 2 is 2.37 bits per heavy atom. The maximum Gasteiger partial charge on any atom is 0.123 e. The molecule has 0 bridgehead atoms. The van der Waals surface area contributed by atoms with Crippen LogP contribution in [-0.4, -0.2) is 50.8 Å². The van der Waals surface area contributed by atoms with Gasteiger partial charge in [-0.25, -0.2) is 4.39 Å². The van der Waals surface area contributed by atoms with Crippen LogP contribution in [0.5, 0.6) is 0 Å². The van der Waals surface area contributed by atoms with E-state index in [0.717, 1.165) is 25.3 Å². The van der Waals surface area contributed by atoms with Gasteiger partial charge >= 0.3 is 0 Å². The molecule has 1 aromatic carbocycles. The first-order valence-electron chi connectivity index (χ1n) is 6.51. The minimum atomic E-state index is -0.254. The summed E-state index contributed by atoms with van der Waals surface area (Å²) in [6.07, 6.45) is 0.758. The Bertz CT molecular complexity index is 430. The van der Waals surface area contributed by atoms with Crippen LogP contribution in [-0.2, 0) is 11.2 Å². The Labute approximate surface area is 118 Å². The highest BCUT2D eigenvalue weighted by atomic mass is 35.5. The summed E-state index contributed by atoms with van der Waals surface area (Å²) in [5, 5.41) is 3.86. The van der Waals surface area contributed by atoms with Crippen molar-refractivity contribution in [3.8, 4) is 0 Å². The summed E-state index contributed by atoms with van der Waals surface area (Å²) < 4.78 is 19.1. The van der Waals surface area contributed by atoms with E-state index in [4.69, 9.17) is 16.3 Å². The molecule has 1 saturated heterocycles. The van der Waals surface area contributed by atoms with Crippen molar-refractivity contribution in [1.82, 2.24) is 10.2 Å². The van der Waals surface area contributed by atoms with E-state index in [1.165, 1.54) is 12.1 Å². The average molecular weight is 287 g/mol. The second-order valence-electron chi connectivity index (χ2n) is 5.01. The number of nitrogens with one attached hydrogen (secondary N) is 1. The van der Waals surface area contributed by atoms with E-state index in [1.54, 1.807) is 6.07 Å². The molecule has 1 aliphatic heterocycles. The summed E-state index contributed by atoms with van der Waals surface area (Å²) in [6, 6.07) is 4.61. The first-order chi connectivity index (χ1) is 9.10. The summed E-state index contributed by atoms with van der Waals surface area (Å²) in [5.41, 5.74) is 0.817. The molecule has 0 aromatic heterocycles. The Morgan fingerprint density at radius 1 is 1.58 bits per heavy atom. The molecule has 0 aliphatic carbocycles. The van der Waals surface area contributed by atoms with E-state index in [-0.39, 0.29) is 18.0 Å². The average Bonchev–Trinajstić information content (AvgIpc) is 2.39. The van der Waals surface area contributed by atoms with Gasteiger partial charge in [-0.05, 0) is 44.3 Å². The lowest BCUT2D eigenvalue weighted by Gasteiger charge is -2.35. The largest absolute Gasteiger partial charge is 0.374 e. The molecule has 1 heterocycles. The van der Waals surface area contributed by atoms with E-state index in [0.29, 0.717) is 11.4 Å². The van der Waals surface area contributed by atoms with E-state index in [2.05, 4.69) is 17.3 Å². The van der Waals surface area contributed by atoms with Crippen LogP contribution in [0, 0.1) is 5.82 Å². The fourth-order valence-corrected chi connectivity index (χ4v) is 2.61. The number of morpholine rings is 1. The number of nitrogens with zero attached hydrogens (tertiary/aromatic N) is 1. The van der Waals surface area contributed by atoms with E-state index >= 15 is 0 Å². The molecular formula is C14H20ClFN2O. The standard InChI is InChI=1S/C14H20ClFN2O/c1-17-13(14-9-18(2)5-6-19-14)8-10-7-11(16)3-4-12(10)15/h3-4,7,13-14,17H,5-6,8-9H2,1-2H3. The van der Waals surface area contributed by atoms with Gasteiger partial charge in [0.25, 0.3) is 0 Å². The first-order valence-corrected chi connectivity index (χ1v) is 6.89. The number of rotatable bonds is 4. The molecule has 1 aliphatic rings. The van der Waals surface area contributed by atoms with Crippen LogP contribution in [0.25, 0.3) is 0 Å². The molecule has 2 rings (SSSR count). The molecule has 1 fully saturated rings. The molecule has 0 spiro atoms. The zero-order valence-corrected chi connectivity index (χ0v) is 12.1. The second kappa shape index (κ2) is 6.66. The highest BCUT2D eigenvalue weighted by Gasteiger charge is 2.26. The fraction of sp³-hybridized carbons (Fsp3) is 0.571. The normalized spacial score (nSPS) is 22.4. The van der Waals surface area contributed by atoms with Gasteiger partial charge in [-0.2, -0.15) is 0 Å². The number of ether oxygens (including phenoxy) is 1. The molecule has 1 N–H and O–H groups in total. The molecule has 19 heavy (non-hydrogen) atoms. The van der Waals surface area contributed by atoms with Gasteiger partial charge in [0.15, 0.2) is 0 Å². The van der Waals surface area contributed by atoms with Crippen molar-refractivity contribution in [3.05, 3.63) is 34.6 Å². The van der Waals surface area contributed by atoms with Gasteiger partial charge in [0.2, 0.25) is 0 Å². The second-order valence-corrected chi connectivity index (χ2v) is 5.41. The van der Waals surface area contributed by atoms with Crippen molar-refractivity contribution >= 4 is 11.6 Å². The lowest BCUT2D eigenvalue weighted by molar-refractivity contribution is -0.0372. The number of hydrogen-bond acceptors (Lipinski definition) is 3. The number of benzene rings is 1. The molecule has 0 radical (unpaired) electrons. The van der Waals surface area contributed by atoms with Crippen molar-refractivity contribution < 1.29 is 9.13 Å². The highest BCUT2D eigenvalue weighted by Crippen LogP contribution is 2.20. The Kier molecular flexibility index (Phi) is 5.16. The van der Waals surface area contributed by atoms with Crippen LogP contribution >= 0.6 is 11.6 Å². The van der Waals surface area contributed by atoms with Crippen LogP contribution in [0.15, 0.2) is 18.2 Å². The Balaban J connectivity index is 2.07. The van der Waals surface area contributed by atoms with Crippen molar-refractivity contribution in [2.45, 2.75) is 18.6 Å². The molecule has 2 atom stereocenters. The predicted molar refractivity (Wildman–Crippen MR) is 75.2 cm³/mol. The van der Waals surface area contributed by atoms with Gasteiger partial charge in [-0.3, -0.25) is 0 Å². The van der Waals surface area contributed by atoms with Crippen molar-refractivity contribution in [3.63, 3.8) is 0 Å². The van der Waals surface area contributed by atoms with Crippen LogP contribution in [0.1, 0.15) is 5.56 Å². The third-order valence-electron chi connectivity index (χ3n) is 3.56. The number of hydrogen-bond donors (Lipinski definition) is 1. The molecule has 1 aromatic rings. The molecule has 2 unspecified atom stereocenters. The van der Waals surface area contributed by atoms with Gasteiger partial charge < -0.3 is 15.0 Å². The Hall–Kier alpha value is -0.680. The maximum atomic E-state index is 13.3. The molecular weight excluding hydrogens is 267 g/mol. The summed E-state index contributed by atoms with van der Waals surface area (Å²) >= 11 is 6.12. The van der Waals surface area contributed by atoms with Gasteiger partial charge in [0.1, 0.15) is 5.82 Å². The summed E-state index contributed by atoms with van der Waals surface area (Å²) in [4.78, 5) is 2.24. The molecule has 0 saturated carbocycles. The maximum absolute atomic E-state index is 13.3. The molecule has 0 amide bonds. The predicted octanol–water partition coefficient (Wildman–Crippen LogP) is 1.94. The Morgan fingerprint density at radius 3 is 3.05 bits per heavy atom. The quantitative estimate of drug-likeness (QED) is 0.915. The zero-order valence-electron chi connectivity index (χ0n) is 11.3. The minimum Gasteiger partial charge on any atom is -0.374 e.